The maximum Gasteiger partial charge on any atom is 0.269 e. The summed E-state index contributed by atoms with van der Waals surface area (Å²) in [5, 5.41) is 12.0. The zero-order valence-corrected chi connectivity index (χ0v) is 13.2. The van der Waals surface area contributed by atoms with E-state index in [4.69, 9.17) is 4.74 Å². The highest BCUT2D eigenvalue weighted by molar-refractivity contribution is 9.10. The first kappa shape index (κ1) is 15.1. The molecule has 2 rings (SSSR count). The molecule has 0 radical (unpaired) electrons. The summed E-state index contributed by atoms with van der Waals surface area (Å²) in [6, 6.07) is 10.1. The number of nitriles is 1. The van der Waals surface area contributed by atoms with Gasteiger partial charge in [-0.15, -0.1) is 0 Å². The van der Waals surface area contributed by atoms with Crippen molar-refractivity contribution in [2.45, 2.75) is 6.04 Å². The maximum absolute atomic E-state index is 12.3. The number of para-hydroxylation sites is 1. The van der Waals surface area contributed by atoms with Gasteiger partial charge in [-0.05, 0) is 28.1 Å². The summed E-state index contributed by atoms with van der Waals surface area (Å²) in [7, 11) is 3.30. The van der Waals surface area contributed by atoms with E-state index in [0.717, 1.165) is 4.47 Å². The Kier molecular flexibility index (Phi) is 4.66. The van der Waals surface area contributed by atoms with Gasteiger partial charge in [0.1, 0.15) is 17.5 Å². The molecule has 5 nitrogen and oxygen atoms in total. The Morgan fingerprint density at radius 2 is 2.19 bits per heavy atom. The molecule has 0 fully saturated rings. The summed E-state index contributed by atoms with van der Waals surface area (Å²) >= 11 is 3.32. The predicted octanol–water partition coefficient (Wildman–Crippen LogP) is 2.79. The molecule has 0 bridgehead atoms. The number of aromatic nitrogens is 1. The lowest BCUT2D eigenvalue weighted by molar-refractivity contribution is 0.0936. The van der Waals surface area contributed by atoms with Gasteiger partial charge < -0.3 is 14.6 Å². The van der Waals surface area contributed by atoms with Crippen LogP contribution in [0.15, 0.2) is 41.0 Å². The number of benzene rings is 1. The van der Waals surface area contributed by atoms with Crippen molar-refractivity contribution >= 4 is 21.8 Å². The number of hydrogen-bond acceptors (Lipinski definition) is 3. The summed E-state index contributed by atoms with van der Waals surface area (Å²) in [5.41, 5.74) is 1.10. The second-order valence-corrected chi connectivity index (χ2v) is 5.35. The van der Waals surface area contributed by atoms with Crippen LogP contribution in [-0.4, -0.2) is 17.6 Å². The molecule has 1 N–H and O–H groups in total. The third kappa shape index (κ3) is 3.26. The summed E-state index contributed by atoms with van der Waals surface area (Å²) in [6.45, 7) is 0. The van der Waals surface area contributed by atoms with Gasteiger partial charge in [0.25, 0.3) is 5.91 Å². The van der Waals surface area contributed by atoms with Gasteiger partial charge in [-0.3, -0.25) is 4.79 Å². The monoisotopic (exact) mass is 347 g/mol. The van der Waals surface area contributed by atoms with Crippen LogP contribution in [0.5, 0.6) is 5.75 Å². The van der Waals surface area contributed by atoms with E-state index in [1.54, 1.807) is 42.1 Å². The number of amides is 1. The van der Waals surface area contributed by atoms with Crippen LogP contribution in [0.4, 0.5) is 0 Å². The highest BCUT2D eigenvalue weighted by Gasteiger charge is 2.20. The van der Waals surface area contributed by atoms with Crippen LogP contribution in [0, 0.1) is 11.3 Å². The zero-order valence-electron chi connectivity index (χ0n) is 11.6. The van der Waals surface area contributed by atoms with Crippen molar-refractivity contribution in [3.05, 3.63) is 52.3 Å². The second-order valence-electron chi connectivity index (χ2n) is 4.43. The molecule has 1 aromatic carbocycles. The Balaban J connectivity index is 2.26. The molecule has 0 aliphatic carbocycles. The standard InChI is InChI=1S/C15H14BrN3O2/c1-19-9-10(16)7-13(19)15(20)18-12(8-17)11-5-3-4-6-14(11)21-2/h3-7,9,12H,1-2H3,(H,18,20)/t12-/m0/s1. The molecule has 1 atom stereocenters. The van der Waals surface area contributed by atoms with Crippen LogP contribution in [-0.2, 0) is 7.05 Å². The van der Waals surface area contributed by atoms with E-state index in [-0.39, 0.29) is 5.91 Å². The number of nitrogens with one attached hydrogen (secondary N) is 1. The summed E-state index contributed by atoms with van der Waals surface area (Å²) in [4.78, 5) is 12.3. The van der Waals surface area contributed by atoms with Crippen molar-refractivity contribution in [2.75, 3.05) is 7.11 Å². The number of carbonyl (C=O) groups excluding carboxylic acids is 1. The van der Waals surface area contributed by atoms with Crippen LogP contribution in [0.2, 0.25) is 0 Å². The highest BCUT2D eigenvalue weighted by atomic mass is 79.9. The molecule has 2 aromatic rings. The van der Waals surface area contributed by atoms with Crippen molar-refractivity contribution in [3.8, 4) is 11.8 Å². The topological polar surface area (TPSA) is 67.0 Å². The van der Waals surface area contributed by atoms with Crippen LogP contribution in [0.25, 0.3) is 0 Å². The average Bonchev–Trinajstić information content (AvgIpc) is 2.83. The number of carbonyl (C=O) groups is 1. The number of hydrogen-bond donors (Lipinski definition) is 1. The molecule has 0 aliphatic rings. The average molecular weight is 348 g/mol. The molecule has 21 heavy (non-hydrogen) atoms. The van der Waals surface area contributed by atoms with Crippen LogP contribution in [0.1, 0.15) is 22.1 Å². The predicted molar refractivity (Wildman–Crippen MR) is 81.9 cm³/mol. The third-order valence-corrected chi connectivity index (χ3v) is 3.49. The van der Waals surface area contributed by atoms with Crippen LogP contribution in [0.3, 0.4) is 0 Å². The SMILES string of the molecule is COc1ccccc1[C@H](C#N)NC(=O)c1cc(Br)cn1C. The number of methoxy groups -OCH3 is 1. The molecule has 0 saturated heterocycles. The third-order valence-electron chi connectivity index (χ3n) is 3.06. The largest absolute Gasteiger partial charge is 0.496 e. The summed E-state index contributed by atoms with van der Waals surface area (Å²) in [5.74, 6) is 0.248. The van der Waals surface area contributed by atoms with Gasteiger partial charge in [0.15, 0.2) is 0 Å². The number of halogens is 1. The molecule has 0 spiro atoms. The molecule has 1 heterocycles. The zero-order chi connectivity index (χ0) is 15.4. The molecular weight excluding hydrogens is 334 g/mol. The molecule has 1 aromatic heterocycles. The van der Waals surface area contributed by atoms with Crippen LogP contribution < -0.4 is 10.1 Å². The van der Waals surface area contributed by atoms with Crippen molar-refractivity contribution in [2.24, 2.45) is 7.05 Å². The lowest BCUT2D eigenvalue weighted by atomic mass is 10.1. The normalized spacial score (nSPS) is 11.5. The highest BCUT2D eigenvalue weighted by Crippen LogP contribution is 2.24. The van der Waals surface area contributed by atoms with E-state index < -0.39 is 6.04 Å². The Hall–Kier alpha value is -2.26. The smallest absolute Gasteiger partial charge is 0.269 e. The number of rotatable bonds is 4. The van der Waals surface area contributed by atoms with Crippen molar-refractivity contribution in [3.63, 3.8) is 0 Å². The van der Waals surface area contributed by atoms with E-state index in [2.05, 4.69) is 27.3 Å². The lowest BCUT2D eigenvalue weighted by Gasteiger charge is -2.15. The fraction of sp³-hybridized carbons (Fsp3) is 0.200. The quantitative estimate of drug-likeness (QED) is 0.924. The van der Waals surface area contributed by atoms with E-state index in [9.17, 15) is 10.1 Å². The minimum absolute atomic E-state index is 0.319. The Bertz CT molecular complexity index is 703. The van der Waals surface area contributed by atoms with Gasteiger partial charge >= 0.3 is 0 Å². The second kappa shape index (κ2) is 6.46. The molecule has 108 valence electrons. The van der Waals surface area contributed by atoms with E-state index in [1.807, 2.05) is 6.07 Å². The Morgan fingerprint density at radius 3 is 2.76 bits per heavy atom. The number of ether oxygens (including phenoxy) is 1. The van der Waals surface area contributed by atoms with Crippen molar-refractivity contribution in [1.29, 1.82) is 5.26 Å². The van der Waals surface area contributed by atoms with Gasteiger partial charge in [0.05, 0.1) is 13.2 Å². The molecule has 0 aliphatic heterocycles. The van der Waals surface area contributed by atoms with Gasteiger partial charge in [0, 0.05) is 23.3 Å². The van der Waals surface area contributed by atoms with Gasteiger partial charge in [-0.2, -0.15) is 5.26 Å². The van der Waals surface area contributed by atoms with E-state index in [1.165, 1.54) is 7.11 Å². The molecule has 0 saturated carbocycles. The first-order valence-corrected chi connectivity index (χ1v) is 7.01. The van der Waals surface area contributed by atoms with Crippen molar-refractivity contribution < 1.29 is 9.53 Å². The lowest BCUT2D eigenvalue weighted by Crippen LogP contribution is -2.29. The molecular formula is C15H14BrN3O2. The maximum atomic E-state index is 12.3. The summed E-state index contributed by atoms with van der Waals surface area (Å²) < 4.78 is 7.73. The number of nitrogens with zero attached hydrogens (tertiary/aromatic N) is 2. The molecule has 1 amide bonds. The van der Waals surface area contributed by atoms with E-state index >= 15 is 0 Å². The first-order valence-electron chi connectivity index (χ1n) is 6.22. The Labute approximate surface area is 131 Å². The molecule has 6 heteroatoms. The van der Waals surface area contributed by atoms with Gasteiger partial charge in [0.2, 0.25) is 0 Å². The fourth-order valence-electron chi connectivity index (χ4n) is 2.04. The van der Waals surface area contributed by atoms with Gasteiger partial charge in [-0.1, -0.05) is 18.2 Å². The van der Waals surface area contributed by atoms with E-state index in [0.29, 0.717) is 17.0 Å². The van der Waals surface area contributed by atoms with Crippen LogP contribution >= 0.6 is 15.9 Å². The van der Waals surface area contributed by atoms with Gasteiger partial charge in [-0.25, -0.2) is 0 Å². The number of aryl methyl sites for hydroxylation is 1. The Morgan fingerprint density at radius 1 is 1.48 bits per heavy atom. The first-order chi connectivity index (χ1) is 10.1. The summed E-state index contributed by atoms with van der Waals surface area (Å²) in [6.07, 6.45) is 1.78. The fourth-order valence-corrected chi connectivity index (χ4v) is 2.56. The minimum atomic E-state index is -0.776. The molecule has 0 unspecified atom stereocenters. The minimum Gasteiger partial charge on any atom is -0.496 e. The van der Waals surface area contributed by atoms with Crippen molar-refractivity contribution in [1.82, 2.24) is 9.88 Å².